The fraction of sp³-hybridized carbons (Fsp3) is 0.733. The van der Waals surface area contributed by atoms with Crippen LogP contribution in [0.4, 0.5) is 5.95 Å². The molecule has 0 radical (unpaired) electrons. The first-order valence-corrected chi connectivity index (χ1v) is 7.66. The van der Waals surface area contributed by atoms with E-state index in [-0.39, 0.29) is 24.0 Å². The summed E-state index contributed by atoms with van der Waals surface area (Å²) in [7, 11) is 7.92. The molecule has 0 bridgehead atoms. The fourth-order valence-corrected chi connectivity index (χ4v) is 2.90. The van der Waals surface area contributed by atoms with Crippen LogP contribution in [-0.2, 0) is 13.6 Å². The van der Waals surface area contributed by atoms with Gasteiger partial charge in [0.15, 0.2) is 5.96 Å². The first kappa shape index (κ1) is 19.1. The van der Waals surface area contributed by atoms with E-state index in [2.05, 4.69) is 31.7 Å². The number of aromatic nitrogens is 2. The summed E-state index contributed by atoms with van der Waals surface area (Å²) in [5.74, 6) is 2.71. The molecule has 1 aliphatic rings. The molecular weight excluding hydrogens is 391 g/mol. The van der Waals surface area contributed by atoms with E-state index >= 15 is 0 Å². The Kier molecular flexibility index (Phi) is 7.44. The van der Waals surface area contributed by atoms with Crippen molar-refractivity contribution in [2.24, 2.45) is 18.0 Å². The van der Waals surface area contributed by atoms with Gasteiger partial charge in [-0.15, -0.1) is 24.0 Å². The second-order valence-corrected chi connectivity index (χ2v) is 6.10. The van der Waals surface area contributed by atoms with Crippen LogP contribution in [0.15, 0.2) is 11.2 Å². The molecule has 1 N–H and O–H groups in total. The highest BCUT2D eigenvalue weighted by Crippen LogP contribution is 2.16. The van der Waals surface area contributed by atoms with Crippen LogP contribution in [0.3, 0.4) is 0 Å². The van der Waals surface area contributed by atoms with E-state index in [1.54, 1.807) is 0 Å². The van der Waals surface area contributed by atoms with Crippen LogP contribution in [-0.4, -0.2) is 54.6 Å². The molecule has 7 heteroatoms. The minimum absolute atomic E-state index is 0. The molecule has 22 heavy (non-hydrogen) atoms. The number of anilines is 1. The van der Waals surface area contributed by atoms with Gasteiger partial charge < -0.3 is 19.7 Å². The second kappa shape index (κ2) is 8.59. The molecule has 1 atom stereocenters. The number of aliphatic imine (C=N–C) groups is 1. The number of piperidine rings is 1. The molecule has 1 aliphatic heterocycles. The van der Waals surface area contributed by atoms with Crippen LogP contribution in [0.1, 0.15) is 25.5 Å². The molecule has 1 aromatic heterocycles. The lowest BCUT2D eigenvalue weighted by Crippen LogP contribution is -2.46. The summed E-state index contributed by atoms with van der Waals surface area (Å²) in [5.41, 5.74) is 1.16. The summed E-state index contributed by atoms with van der Waals surface area (Å²) < 4.78 is 2.11. The van der Waals surface area contributed by atoms with Crippen LogP contribution in [0.5, 0.6) is 0 Å². The molecule has 0 amide bonds. The van der Waals surface area contributed by atoms with Crippen LogP contribution in [0.25, 0.3) is 0 Å². The standard InChI is InChI=1S/C15H28N6.HI/c1-12-7-6-8-21(11-12)14(16-2)17-9-13-10-18-15(19(3)4)20(13)5;/h10,12H,6-9,11H2,1-5H3,(H,16,17);1H. The normalized spacial score (nSPS) is 18.9. The van der Waals surface area contributed by atoms with Crippen molar-refractivity contribution in [3.05, 3.63) is 11.9 Å². The van der Waals surface area contributed by atoms with Crippen molar-refractivity contribution < 1.29 is 0 Å². The highest BCUT2D eigenvalue weighted by Gasteiger charge is 2.19. The molecule has 2 rings (SSSR count). The molecule has 0 aliphatic carbocycles. The maximum Gasteiger partial charge on any atom is 0.204 e. The number of halogens is 1. The SMILES string of the molecule is CN=C(NCc1cnc(N(C)C)n1C)N1CCCC(C)C1.I. The average Bonchev–Trinajstić information content (AvgIpc) is 2.81. The monoisotopic (exact) mass is 420 g/mol. The number of rotatable bonds is 3. The van der Waals surface area contributed by atoms with Gasteiger partial charge >= 0.3 is 0 Å². The maximum atomic E-state index is 4.44. The number of likely N-dealkylation sites (tertiary alicyclic amines) is 1. The van der Waals surface area contributed by atoms with E-state index < -0.39 is 0 Å². The topological polar surface area (TPSA) is 48.7 Å². The second-order valence-electron chi connectivity index (χ2n) is 6.10. The Labute approximate surface area is 151 Å². The predicted octanol–water partition coefficient (Wildman–Crippen LogP) is 1.91. The van der Waals surface area contributed by atoms with Crippen molar-refractivity contribution in [1.82, 2.24) is 19.8 Å². The van der Waals surface area contributed by atoms with Crippen molar-refractivity contribution in [2.75, 3.05) is 39.1 Å². The predicted molar refractivity (Wildman–Crippen MR) is 103 cm³/mol. The third-order valence-electron chi connectivity index (χ3n) is 4.06. The van der Waals surface area contributed by atoms with Gasteiger partial charge in [0.25, 0.3) is 0 Å². The molecule has 1 saturated heterocycles. The lowest BCUT2D eigenvalue weighted by molar-refractivity contribution is 0.266. The number of nitrogens with one attached hydrogen (secondary N) is 1. The fourth-order valence-electron chi connectivity index (χ4n) is 2.90. The zero-order chi connectivity index (χ0) is 15.4. The summed E-state index contributed by atoms with van der Waals surface area (Å²) in [4.78, 5) is 13.2. The molecule has 6 nitrogen and oxygen atoms in total. The van der Waals surface area contributed by atoms with Crippen LogP contribution in [0, 0.1) is 5.92 Å². The van der Waals surface area contributed by atoms with Crippen LogP contribution < -0.4 is 10.2 Å². The van der Waals surface area contributed by atoms with E-state index in [1.165, 1.54) is 12.8 Å². The summed E-state index contributed by atoms with van der Waals surface area (Å²) in [5, 5.41) is 3.47. The lowest BCUT2D eigenvalue weighted by atomic mass is 10.0. The van der Waals surface area contributed by atoms with Gasteiger partial charge in [0, 0.05) is 41.3 Å². The van der Waals surface area contributed by atoms with E-state index in [0.717, 1.165) is 43.2 Å². The molecular formula is C15H29IN6. The number of guanidine groups is 1. The Morgan fingerprint density at radius 1 is 1.50 bits per heavy atom. The summed E-state index contributed by atoms with van der Waals surface area (Å²) >= 11 is 0. The van der Waals surface area contributed by atoms with E-state index in [1.807, 2.05) is 39.3 Å². The van der Waals surface area contributed by atoms with Gasteiger partial charge in [-0.25, -0.2) is 4.98 Å². The average molecular weight is 420 g/mol. The lowest BCUT2D eigenvalue weighted by Gasteiger charge is -2.33. The van der Waals surface area contributed by atoms with Gasteiger partial charge in [-0.3, -0.25) is 4.99 Å². The summed E-state index contributed by atoms with van der Waals surface area (Å²) in [6, 6.07) is 0. The Morgan fingerprint density at radius 3 is 2.77 bits per heavy atom. The molecule has 0 aromatic carbocycles. The molecule has 0 saturated carbocycles. The Morgan fingerprint density at radius 2 is 2.23 bits per heavy atom. The quantitative estimate of drug-likeness (QED) is 0.461. The molecule has 2 heterocycles. The number of nitrogens with zero attached hydrogens (tertiary/aromatic N) is 5. The summed E-state index contributed by atoms with van der Waals surface area (Å²) in [6.45, 7) is 5.24. The third kappa shape index (κ3) is 4.50. The van der Waals surface area contributed by atoms with E-state index in [9.17, 15) is 0 Å². The Balaban J connectivity index is 0.00000242. The van der Waals surface area contributed by atoms with Crippen LogP contribution in [0.2, 0.25) is 0 Å². The third-order valence-corrected chi connectivity index (χ3v) is 4.06. The molecule has 0 spiro atoms. The Hall–Kier alpha value is -0.990. The first-order valence-electron chi connectivity index (χ1n) is 7.66. The molecule has 1 fully saturated rings. The number of hydrogen-bond acceptors (Lipinski definition) is 3. The smallest absolute Gasteiger partial charge is 0.204 e. The van der Waals surface area contributed by atoms with Crippen molar-refractivity contribution >= 4 is 35.9 Å². The van der Waals surface area contributed by atoms with Crippen LogP contribution >= 0.6 is 24.0 Å². The number of imidazole rings is 1. The van der Waals surface area contributed by atoms with Gasteiger partial charge in [-0.05, 0) is 18.8 Å². The summed E-state index contributed by atoms with van der Waals surface area (Å²) in [6.07, 6.45) is 4.49. The molecule has 1 unspecified atom stereocenters. The zero-order valence-electron chi connectivity index (χ0n) is 14.3. The first-order chi connectivity index (χ1) is 10.0. The highest BCUT2D eigenvalue weighted by atomic mass is 127. The van der Waals surface area contributed by atoms with E-state index in [4.69, 9.17) is 0 Å². The van der Waals surface area contributed by atoms with Gasteiger partial charge in [0.1, 0.15) is 0 Å². The highest BCUT2D eigenvalue weighted by molar-refractivity contribution is 14.0. The molecule has 126 valence electrons. The Bertz CT molecular complexity index is 496. The maximum absolute atomic E-state index is 4.44. The minimum atomic E-state index is 0. The largest absolute Gasteiger partial charge is 0.351 e. The zero-order valence-corrected chi connectivity index (χ0v) is 16.7. The van der Waals surface area contributed by atoms with E-state index in [0.29, 0.717) is 0 Å². The van der Waals surface area contributed by atoms with Crippen molar-refractivity contribution in [3.8, 4) is 0 Å². The molecule has 1 aromatic rings. The van der Waals surface area contributed by atoms with Gasteiger partial charge in [0.05, 0.1) is 18.4 Å². The van der Waals surface area contributed by atoms with Crippen molar-refractivity contribution in [3.63, 3.8) is 0 Å². The van der Waals surface area contributed by atoms with Gasteiger partial charge in [0.2, 0.25) is 5.95 Å². The van der Waals surface area contributed by atoms with Crippen molar-refractivity contribution in [2.45, 2.75) is 26.3 Å². The van der Waals surface area contributed by atoms with Crippen molar-refractivity contribution in [1.29, 1.82) is 0 Å². The number of hydrogen-bond donors (Lipinski definition) is 1. The van der Waals surface area contributed by atoms with Gasteiger partial charge in [-0.2, -0.15) is 0 Å². The minimum Gasteiger partial charge on any atom is -0.351 e. The van der Waals surface area contributed by atoms with Gasteiger partial charge in [-0.1, -0.05) is 6.92 Å².